The first kappa shape index (κ1) is 12.8. The Morgan fingerprint density at radius 1 is 1.06 bits per heavy atom. The van der Waals surface area contributed by atoms with Crippen LogP contribution in [0.4, 0.5) is 5.69 Å². The molecule has 0 saturated heterocycles. The maximum Gasteiger partial charge on any atom is 0.0818 e. The maximum absolute atomic E-state index is 3.65. The van der Waals surface area contributed by atoms with Gasteiger partial charge in [-0.1, -0.05) is 59.4 Å². The fourth-order valence-corrected chi connectivity index (χ4v) is 3.09. The Hall–Kier alpha value is -0.630. The van der Waals surface area contributed by atoms with Gasteiger partial charge in [-0.25, -0.2) is 0 Å². The molecule has 1 heterocycles. The first-order valence-corrected chi connectivity index (χ1v) is 7.13. The molecule has 17 heavy (non-hydrogen) atoms. The normalized spacial score (nSPS) is 20.0. The molecule has 0 saturated carbocycles. The van der Waals surface area contributed by atoms with Gasteiger partial charge in [-0.15, -0.1) is 0 Å². The van der Waals surface area contributed by atoms with E-state index in [1.165, 1.54) is 16.1 Å². The molecular weight excluding hydrogens is 226 g/mol. The lowest BCUT2D eigenvalue weighted by atomic mass is 9.87. The first-order valence-electron chi connectivity index (χ1n) is 6.26. The molecule has 2 rings (SSSR count). The van der Waals surface area contributed by atoms with Gasteiger partial charge in [0.05, 0.1) is 5.37 Å². The van der Waals surface area contributed by atoms with Gasteiger partial charge in [0.25, 0.3) is 0 Å². The van der Waals surface area contributed by atoms with Crippen LogP contribution in [0.3, 0.4) is 0 Å². The third-order valence-electron chi connectivity index (χ3n) is 3.16. The number of hydrogen-bond donors (Lipinski definition) is 1. The Kier molecular flexibility index (Phi) is 2.97. The van der Waals surface area contributed by atoms with E-state index in [9.17, 15) is 0 Å². The Balaban J connectivity index is 2.29. The van der Waals surface area contributed by atoms with E-state index in [4.69, 9.17) is 0 Å². The van der Waals surface area contributed by atoms with Crippen molar-refractivity contribution >= 4 is 17.4 Å². The second kappa shape index (κ2) is 3.94. The van der Waals surface area contributed by atoms with Crippen LogP contribution in [0.1, 0.15) is 47.1 Å². The van der Waals surface area contributed by atoms with Crippen molar-refractivity contribution in [3.63, 3.8) is 0 Å². The van der Waals surface area contributed by atoms with Crippen LogP contribution in [0, 0.1) is 5.41 Å². The van der Waals surface area contributed by atoms with Crippen LogP contribution in [0.2, 0.25) is 0 Å². The summed E-state index contributed by atoms with van der Waals surface area (Å²) in [6.45, 7) is 13.6. The Labute approximate surface area is 109 Å². The number of nitrogens with one attached hydrogen (secondary N) is 1. The molecule has 0 spiro atoms. The summed E-state index contributed by atoms with van der Waals surface area (Å²) in [7, 11) is 0. The second-order valence-electron chi connectivity index (χ2n) is 6.97. The molecule has 1 aliphatic heterocycles. The van der Waals surface area contributed by atoms with E-state index in [1.54, 1.807) is 0 Å². The number of thioether (sulfide) groups is 1. The lowest BCUT2D eigenvalue weighted by molar-refractivity contribution is 0.419. The molecule has 1 nitrogen and oxygen atoms in total. The molecule has 1 N–H and O–H groups in total. The van der Waals surface area contributed by atoms with Crippen LogP contribution in [0.15, 0.2) is 23.1 Å². The zero-order valence-corrected chi connectivity index (χ0v) is 12.5. The lowest BCUT2D eigenvalue weighted by Gasteiger charge is -2.26. The topological polar surface area (TPSA) is 12.0 Å². The van der Waals surface area contributed by atoms with Gasteiger partial charge >= 0.3 is 0 Å². The lowest BCUT2D eigenvalue weighted by Crippen LogP contribution is -2.27. The van der Waals surface area contributed by atoms with Gasteiger partial charge in [0, 0.05) is 10.6 Å². The molecule has 1 unspecified atom stereocenters. The fraction of sp³-hybridized carbons (Fsp3) is 0.600. The Bertz CT molecular complexity index is 424. The molecule has 1 atom stereocenters. The molecule has 2 heteroatoms. The predicted octanol–water partition coefficient (Wildman–Crippen LogP) is 4.87. The summed E-state index contributed by atoms with van der Waals surface area (Å²) in [4.78, 5) is 1.39. The molecule has 1 aromatic rings. The second-order valence-corrected chi connectivity index (χ2v) is 8.12. The number of fused-ring (bicyclic) bond motifs is 1. The molecule has 0 fully saturated rings. The minimum atomic E-state index is 0.223. The predicted molar refractivity (Wildman–Crippen MR) is 77.9 cm³/mol. The van der Waals surface area contributed by atoms with Gasteiger partial charge in [0.2, 0.25) is 0 Å². The van der Waals surface area contributed by atoms with Crippen molar-refractivity contribution in [3.8, 4) is 0 Å². The Morgan fingerprint density at radius 3 is 2.24 bits per heavy atom. The van der Waals surface area contributed by atoms with E-state index in [-0.39, 0.29) is 10.8 Å². The van der Waals surface area contributed by atoms with Crippen LogP contribution in [0.25, 0.3) is 0 Å². The molecule has 94 valence electrons. The van der Waals surface area contributed by atoms with Gasteiger partial charge in [0.1, 0.15) is 0 Å². The highest BCUT2D eigenvalue weighted by atomic mass is 32.2. The van der Waals surface area contributed by atoms with E-state index in [0.29, 0.717) is 5.37 Å². The fourth-order valence-electron chi connectivity index (χ4n) is 1.90. The minimum absolute atomic E-state index is 0.223. The maximum atomic E-state index is 3.65. The SMILES string of the molecule is CC(C)(C)c1ccc2c(c1)NC(C(C)(C)C)S2. The molecule has 0 aromatic heterocycles. The average Bonchev–Trinajstić information content (AvgIpc) is 2.57. The van der Waals surface area contributed by atoms with Gasteiger partial charge < -0.3 is 5.32 Å². The van der Waals surface area contributed by atoms with Gasteiger partial charge in [-0.2, -0.15) is 0 Å². The largest absolute Gasteiger partial charge is 0.372 e. The number of benzene rings is 1. The van der Waals surface area contributed by atoms with E-state index in [1.807, 2.05) is 11.8 Å². The standard InChI is InChI=1S/C15H23NS/c1-14(2,3)10-7-8-12-11(9-10)16-13(17-12)15(4,5)6/h7-9,13,16H,1-6H3. The van der Waals surface area contributed by atoms with E-state index < -0.39 is 0 Å². The molecule has 1 aromatic carbocycles. The summed E-state index contributed by atoms with van der Waals surface area (Å²) >= 11 is 1.95. The summed E-state index contributed by atoms with van der Waals surface area (Å²) in [5.74, 6) is 0. The smallest absolute Gasteiger partial charge is 0.0818 e. The minimum Gasteiger partial charge on any atom is -0.372 e. The molecule has 1 aliphatic rings. The van der Waals surface area contributed by atoms with Crippen molar-refractivity contribution in [2.75, 3.05) is 5.32 Å². The molecule has 0 aliphatic carbocycles. The van der Waals surface area contributed by atoms with Crippen LogP contribution >= 0.6 is 11.8 Å². The average molecular weight is 249 g/mol. The summed E-state index contributed by atoms with van der Waals surface area (Å²) in [6, 6.07) is 6.84. The highest BCUT2D eigenvalue weighted by molar-refractivity contribution is 8.00. The van der Waals surface area contributed by atoms with E-state index in [0.717, 1.165) is 0 Å². The summed E-state index contributed by atoms with van der Waals surface area (Å²) < 4.78 is 0. The third-order valence-corrected chi connectivity index (χ3v) is 4.83. The summed E-state index contributed by atoms with van der Waals surface area (Å²) in [5.41, 5.74) is 3.22. The van der Waals surface area contributed by atoms with Crippen molar-refractivity contribution in [2.24, 2.45) is 5.41 Å². The van der Waals surface area contributed by atoms with Crippen LogP contribution < -0.4 is 5.32 Å². The first-order chi connectivity index (χ1) is 7.68. The number of anilines is 1. The third kappa shape index (κ3) is 2.62. The van der Waals surface area contributed by atoms with Crippen molar-refractivity contribution in [1.82, 2.24) is 0 Å². The van der Waals surface area contributed by atoms with Crippen molar-refractivity contribution in [3.05, 3.63) is 23.8 Å². The number of rotatable bonds is 0. The van der Waals surface area contributed by atoms with Crippen molar-refractivity contribution in [2.45, 2.75) is 57.2 Å². The van der Waals surface area contributed by atoms with Crippen molar-refractivity contribution < 1.29 is 0 Å². The molecular formula is C15H23NS. The highest BCUT2D eigenvalue weighted by Crippen LogP contribution is 2.46. The van der Waals surface area contributed by atoms with Gasteiger partial charge in [-0.05, 0) is 28.5 Å². The zero-order chi connectivity index (χ0) is 12.8. The highest BCUT2D eigenvalue weighted by Gasteiger charge is 2.32. The number of hydrogen-bond acceptors (Lipinski definition) is 2. The summed E-state index contributed by atoms with van der Waals surface area (Å²) in [5, 5.41) is 4.13. The Morgan fingerprint density at radius 2 is 1.71 bits per heavy atom. The van der Waals surface area contributed by atoms with E-state index in [2.05, 4.69) is 65.1 Å². The van der Waals surface area contributed by atoms with Crippen LogP contribution in [0.5, 0.6) is 0 Å². The van der Waals surface area contributed by atoms with Gasteiger partial charge in [-0.3, -0.25) is 0 Å². The zero-order valence-electron chi connectivity index (χ0n) is 11.7. The monoisotopic (exact) mass is 249 g/mol. The molecule has 0 radical (unpaired) electrons. The van der Waals surface area contributed by atoms with Gasteiger partial charge in [0.15, 0.2) is 0 Å². The molecule has 0 amide bonds. The van der Waals surface area contributed by atoms with E-state index >= 15 is 0 Å². The summed E-state index contributed by atoms with van der Waals surface area (Å²) in [6.07, 6.45) is 0. The quantitative estimate of drug-likeness (QED) is 0.703. The molecule has 0 bridgehead atoms. The van der Waals surface area contributed by atoms with Crippen LogP contribution in [-0.2, 0) is 5.41 Å². The van der Waals surface area contributed by atoms with Crippen LogP contribution in [-0.4, -0.2) is 5.37 Å². The van der Waals surface area contributed by atoms with Crippen molar-refractivity contribution in [1.29, 1.82) is 0 Å².